The lowest BCUT2D eigenvalue weighted by molar-refractivity contribution is -0.141. The van der Waals surface area contributed by atoms with Crippen molar-refractivity contribution in [2.24, 2.45) is 0 Å². The number of carbonyl (C=O) groups is 2. The number of benzene rings is 2. The average molecular weight is 283 g/mol. The van der Waals surface area contributed by atoms with E-state index in [1.165, 1.54) is 6.08 Å². The summed E-state index contributed by atoms with van der Waals surface area (Å²) in [4.78, 5) is 22.9. The van der Waals surface area contributed by atoms with E-state index in [-0.39, 0.29) is 18.7 Å². The van der Waals surface area contributed by atoms with E-state index in [0.717, 1.165) is 16.3 Å². The summed E-state index contributed by atoms with van der Waals surface area (Å²) >= 11 is 0. The third-order valence-electron chi connectivity index (χ3n) is 3.27. The van der Waals surface area contributed by atoms with Crippen LogP contribution < -0.4 is 5.32 Å². The summed E-state index contributed by atoms with van der Waals surface area (Å²) in [5.74, 6) is -1.38. The van der Waals surface area contributed by atoms with Crippen LogP contribution in [0.4, 0.5) is 0 Å². The Kier molecular flexibility index (Phi) is 4.72. The summed E-state index contributed by atoms with van der Waals surface area (Å²) in [6.45, 7) is 3.47. The van der Waals surface area contributed by atoms with Gasteiger partial charge < -0.3 is 10.4 Å². The lowest BCUT2D eigenvalue weighted by Gasteiger charge is -2.15. The molecule has 1 amide bonds. The zero-order chi connectivity index (χ0) is 15.2. The Bertz CT molecular complexity index is 673. The van der Waals surface area contributed by atoms with Gasteiger partial charge in [0.25, 0.3) is 0 Å². The minimum Gasteiger partial charge on any atom is -0.480 e. The Morgan fingerprint density at radius 1 is 1.19 bits per heavy atom. The highest BCUT2D eigenvalue weighted by atomic mass is 16.4. The number of rotatable bonds is 6. The molecule has 0 saturated carbocycles. The minimum absolute atomic E-state index is 0.110. The molecule has 0 radical (unpaired) electrons. The zero-order valence-corrected chi connectivity index (χ0v) is 11.6. The van der Waals surface area contributed by atoms with E-state index in [4.69, 9.17) is 0 Å². The van der Waals surface area contributed by atoms with Gasteiger partial charge >= 0.3 is 5.97 Å². The fourth-order valence-electron chi connectivity index (χ4n) is 2.27. The number of nitrogens with one attached hydrogen (secondary N) is 1. The van der Waals surface area contributed by atoms with E-state index in [2.05, 4.69) is 11.9 Å². The van der Waals surface area contributed by atoms with Gasteiger partial charge in [-0.3, -0.25) is 4.79 Å². The van der Waals surface area contributed by atoms with Gasteiger partial charge in [-0.15, -0.1) is 6.58 Å². The average Bonchev–Trinajstić information content (AvgIpc) is 2.47. The van der Waals surface area contributed by atoms with Crippen molar-refractivity contribution in [1.29, 1.82) is 0 Å². The normalized spacial score (nSPS) is 11.8. The summed E-state index contributed by atoms with van der Waals surface area (Å²) in [6, 6.07) is 12.6. The van der Waals surface area contributed by atoms with Crippen molar-refractivity contribution in [3.05, 3.63) is 60.7 Å². The molecular weight excluding hydrogens is 266 g/mol. The van der Waals surface area contributed by atoms with Crippen LogP contribution in [-0.4, -0.2) is 23.0 Å². The summed E-state index contributed by atoms with van der Waals surface area (Å²) in [5, 5.41) is 13.9. The number of aliphatic carboxylic acids is 1. The molecule has 21 heavy (non-hydrogen) atoms. The van der Waals surface area contributed by atoms with Crippen LogP contribution >= 0.6 is 0 Å². The van der Waals surface area contributed by atoms with E-state index >= 15 is 0 Å². The Morgan fingerprint density at radius 3 is 2.62 bits per heavy atom. The van der Waals surface area contributed by atoms with E-state index in [9.17, 15) is 14.7 Å². The fourth-order valence-corrected chi connectivity index (χ4v) is 2.27. The van der Waals surface area contributed by atoms with Crippen molar-refractivity contribution in [3.63, 3.8) is 0 Å². The molecule has 0 heterocycles. The molecule has 0 unspecified atom stereocenters. The lowest BCUT2D eigenvalue weighted by Crippen LogP contribution is -2.42. The van der Waals surface area contributed by atoms with E-state index in [0.29, 0.717) is 0 Å². The van der Waals surface area contributed by atoms with Crippen molar-refractivity contribution in [1.82, 2.24) is 5.32 Å². The molecule has 1 atom stereocenters. The molecule has 0 aliphatic carbocycles. The predicted octanol–water partition coefficient (Wildman–Crippen LogP) is 2.53. The number of carboxylic acid groups (broad SMARTS) is 1. The minimum atomic E-state index is -1.04. The number of amides is 1. The highest BCUT2D eigenvalue weighted by molar-refractivity contribution is 5.88. The molecule has 108 valence electrons. The molecule has 2 rings (SSSR count). The first-order valence-electron chi connectivity index (χ1n) is 6.71. The molecular formula is C17H17NO3. The van der Waals surface area contributed by atoms with Crippen LogP contribution in [0.2, 0.25) is 0 Å². The lowest BCUT2D eigenvalue weighted by atomic mass is 9.98. The molecule has 0 bridgehead atoms. The van der Waals surface area contributed by atoms with E-state index in [1.807, 2.05) is 42.5 Å². The third kappa shape index (κ3) is 3.69. The maximum Gasteiger partial charge on any atom is 0.326 e. The molecule has 2 aromatic carbocycles. The first kappa shape index (κ1) is 14.8. The Hall–Kier alpha value is -2.62. The van der Waals surface area contributed by atoms with Crippen molar-refractivity contribution >= 4 is 22.6 Å². The molecule has 0 aromatic heterocycles. The van der Waals surface area contributed by atoms with Crippen LogP contribution in [-0.2, 0) is 16.0 Å². The van der Waals surface area contributed by atoms with Gasteiger partial charge in [-0.05, 0) is 16.3 Å². The van der Waals surface area contributed by atoms with Gasteiger partial charge in [-0.25, -0.2) is 4.79 Å². The van der Waals surface area contributed by atoms with E-state index < -0.39 is 12.0 Å². The highest BCUT2D eigenvalue weighted by Crippen LogP contribution is 2.19. The molecule has 0 aliphatic rings. The topological polar surface area (TPSA) is 66.4 Å². The second kappa shape index (κ2) is 6.70. The van der Waals surface area contributed by atoms with Crippen LogP contribution in [0.1, 0.15) is 12.0 Å². The maximum absolute atomic E-state index is 11.6. The maximum atomic E-state index is 11.6. The van der Waals surface area contributed by atoms with Crippen molar-refractivity contribution in [3.8, 4) is 0 Å². The smallest absolute Gasteiger partial charge is 0.326 e. The molecule has 0 fully saturated rings. The highest BCUT2D eigenvalue weighted by Gasteiger charge is 2.20. The second-order valence-corrected chi connectivity index (χ2v) is 4.79. The summed E-state index contributed by atoms with van der Waals surface area (Å²) < 4.78 is 0. The van der Waals surface area contributed by atoms with Gasteiger partial charge in [-0.1, -0.05) is 48.5 Å². The monoisotopic (exact) mass is 283 g/mol. The zero-order valence-electron chi connectivity index (χ0n) is 11.6. The van der Waals surface area contributed by atoms with Crippen LogP contribution in [0, 0.1) is 0 Å². The molecule has 0 spiro atoms. The standard InChI is InChI=1S/C17H17NO3/c1-2-6-16(19)18-15(17(20)21)11-13-9-5-8-12-7-3-4-10-14(12)13/h2-5,7-10,15H,1,6,11H2,(H,18,19)(H,20,21)/t15-/m0/s1. The van der Waals surface area contributed by atoms with Crippen molar-refractivity contribution < 1.29 is 14.7 Å². The van der Waals surface area contributed by atoms with Gasteiger partial charge in [0.2, 0.25) is 5.91 Å². The molecule has 0 saturated heterocycles. The number of carbonyl (C=O) groups excluding carboxylic acids is 1. The van der Waals surface area contributed by atoms with Gasteiger partial charge in [0.1, 0.15) is 6.04 Å². The Balaban J connectivity index is 2.25. The quantitative estimate of drug-likeness (QED) is 0.801. The second-order valence-electron chi connectivity index (χ2n) is 4.79. The summed E-state index contributed by atoms with van der Waals surface area (Å²) in [7, 11) is 0. The first-order valence-corrected chi connectivity index (χ1v) is 6.71. The molecule has 2 aromatic rings. The third-order valence-corrected chi connectivity index (χ3v) is 3.27. The fraction of sp³-hybridized carbons (Fsp3) is 0.176. The number of carboxylic acids is 1. The molecule has 2 N–H and O–H groups in total. The summed E-state index contributed by atoms with van der Waals surface area (Å²) in [5.41, 5.74) is 0.902. The van der Waals surface area contributed by atoms with Crippen LogP contribution in [0.5, 0.6) is 0 Å². The predicted molar refractivity (Wildman–Crippen MR) is 82.0 cm³/mol. The van der Waals surface area contributed by atoms with Crippen molar-refractivity contribution in [2.75, 3.05) is 0 Å². The molecule has 0 aliphatic heterocycles. The largest absolute Gasteiger partial charge is 0.480 e. The van der Waals surface area contributed by atoms with Gasteiger partial charge in [-0.2, -0.15) is 0 Å². The van der Waals surface area contributed by atoms with Crippen molar-refractivity contribution in [2.45, 2.75) is 18.9 Å². The SMILES string of the molecule is C=CCC(=O)N[C@@H](Cc1cccc2ccccc12)C(=O)O. The van der Waals surface area contributed by atoms with E-state index in [1.54, 1.807) is 0 Å². The number of hydrogen-bond acceptors (Lipinski definition) is 2. The van der Waals surface area contributed by atoms with Crippen LogP contribution in [0.25, 0.3) is 10.8 Å². The van der Waals surface area contributed by atoms with Crippen LogP contribution in [0.3, 0.4) is 0 Å². The number of fused-ring (bicyclic) bond motifs is 1. The van der Waals surface area contributed by atoms with Gasteiger partial charge in [0, 0.05) is 12.8 Å². The van der Waals surface area contributed by atoms with Gasteiger partial charge in [0.05, 0.1) is 0 Å². The van der Waals surface area contributed by atoms with Crippen LogP contribution in [0.15, 0.2) is 55.1 Å². The first-order chi connectivity index (χ1) is 10.1. The number of hydrogen-bond donors (Lipinski definition) is 2. The van der Waals surface area contributed by atoms with Gasteiger partial charge in [0.15, 0.2) is 0 Å². The summed E-state index contributed by atoms with van der Waals surface area (Å²) in [6.07, 6.45) is 1.81. The molecule has 4 heteroatoms. The molecule has 4 nitrogen and oxygen atoms in total. The Morgan fingerprint density at radius 2 is 1.90 bits per heavy atom. The Labute approximate surface area is 123 Å².